The monoisotopic (exact) mass is 694 g/mol. The molecule has 10 rings (SSSR count). The Morgan fingerprint density at radius 1 is 0.537 bits per heavy atom. The van der Waals surface area contributed by atoms with Gasteiger partial charge in [0.2, 0.25) is 0 Å². The predicted molar refractivity (Wildman–Crippen MR) is 226 cm³/mol. The van der Waals surface area contributed by atoms with Crippen molar-refractivity contribution in [2.75, 3.05) is 4.90 Å². The molecule has 1 aliphatic rings. The lowest BCUT2D eigenvalue weighted by molar-refractivity contribution is 0.571. The number of aromatic nitrogens is 1. The highest BCUT2D eigenvalue weighted by molar-refractivity contribution is 6.13. The fourth-order valence-corrected chi connectivity index (χ4v) is 8.46. The van der Waals surface area contributed by atoms with Crippen molar-refractivity contribution in [1.29, 1.82) is 0 Å². The van der Waals surface area contributed by atoms with Crippen LogP contribution in [0, 0.1) is 0 Å². The Morgan fingerprint density at radius 2 is 1.17 bits per heavy atom. The van der Waals surface area contributed by atoms with E-state index in [9.17, 15) is 0 Å². The summed E-state index contributed by atoms with van der Waals surface area (Å²) in [4.78, 5) is 2.27. The third-order valence-electron chi connectivity index (χ3n) is 11.0. The highest BCUT2D eigenvalue weighted by Gasteiger charge is 2.39. The number of hydrogen-bond donors (Lipinski definition) is 0. The van der Waals surface area contributed by atoms with E-state index in [1.165, 1.54) is 49.7 Å². The van der Waals surface area contributed by atoms with Crippen LogP contribution in [-0.2, 0) is 5.41 Å². The lowest BCUT2D eigenvalue weighted by Gasteiger charge is -2.25. The maximum Gasteiger partial charge on any atom is 0.134 e. The molecule has 0 atom stereocenters. The van der Waals surface area contributed by atoms with Gasteiger partial charge in [-0.25, -0.2) is 0 Å². The molecule has 0 fully saturated rings. The number of furan rings is 1. The molecule has 7 aromatic carbocycles. The molecule has 0 radical (unpaired) electrons. The minimum Gasteiger partial charge on any atom is -0.457 e. The second kappa shape index (κ2) is 12.7. The van der Waals surface area contributed by atoms with Gasteiger partial charge in [-0.2, -0.15) is 0 Å². The molecule has 1 aliphatic carbocycles. The molecule has 0 unspecified atom stereocenters. The van der Waals surface area contributed by atoms with E-state index in [1.807, 2.05) is 0 Å². The number of anilines is 3. The normalized spacial score (nSPS) is 13.1. The number of hydrogen-bond acceptors (Lipinski definition) is 2. The van der Waals surface area contributed by atoms with E-state index < -0.39 is 0 Å². The van der Waals surface area contributed by atoms with E-state index in [2.05, 4.69) is 217 Å². The number of nitrogens with zero attached hydrogens (tertiary/aromatic N) is 2. The number of benzene rings is 7. The highest BCUT2D eigenvalue weighted by atomic mass is 16.3. The Balaban J connectivity index is 0.957. The lowest BCUT2D eigenvalue weighted by Crippen LogP contribution is -2.16. The largest absolute Gasteiger partial charge is 0.457 e. The van der Waals surface area contributed by atoms with E-state index in [-0.39, 0.29) is 5.41 Å². The van der Waals surface area contributed by atoms with Crippen molar-refractivity contribution in [2.24, 2.45) is 0 Å². The van der Waals surface area contributed by atoms with Gasteiger partial charge in [0, 0.05) is 44.5 Å². The van der Waals surface area contributed by atoms with Crippen LogP contribution in [-0.4, -0.2) is 4.57 Å². The Hall–Kier alpha value is -6.84. The van der Waals surface area contributed by atoms with Crippen LogP contribution >= 0.6 is 0 Å². The SMILES string of the molecule is CC1(C)c2cc(-c3ccc(/C=C/c4ccc(N(c5ccccc5)c5ccccc5)cc4)o3)ccc2-c2ccc3c4ccccc4n(-c4ccccc4)c3c21. The molecule has 3 nitrogen and oxygen atoms in total. The number of rotatable bonds is 7. The Morgan fingerprint density at radius 3 is 1.89 bits per heavy atom. The molecular formula is C51H38N2O. The first-order chi connectivity index (χ1) is 26.5. The summed E-state index contributed by atoms with van der Waals surface area (Å²) in [6.07, 6.45) is 4.16. The van der Waals surface area contributed by atoms with Gasteiger partial charge in [-0.3, -0.25) is 0 Å². The van der Waals surface area contributed by atoms with Crippen molar-refractivity contribution in [3.8, 4) is 28.1 Å². The quantitative estimate of drug-likeness (QED) is 0.166. The van der Waals surface area contributed by atoms with Crippen LogP contribution < -0.4 is 4.90 Å². The summed E-state index contributed by atoms with van der Waals surface area (Å²) in [5.74, 6) is 1.69. The average Bonchev–Trinajstić information content (AvgIpc) is 3.90. The summed E-state index contributed by atoms with van der Waals surface area (Å²) in [7, 11) is 0. The Kier molecular flexibility index (Phi) is 7.48. The summed E-state index contributed by atoms with van der Waals surface area (Å²) < 4.78 is 8.92. The summed E-state index contributed by atoms with van der Waals surface area (Å²) in [5.41, 5.74) is 14.3. The molecule has 2 aromatic heterocycles. The van der Waals surface area contributed by atoms with Crippen LogP contribution in [0.15, 0.2) is 186 Å². The van der Waals surface area contributed by atoms with Crippen molar-refractivity contribution in [1.82, 2.24) is 4.57 Å². The van der Waals surface area contributed by atoms with Gasteiger partial charge in [0.15, 0.2) is 0 Å². The first kappa shape index (κ1) is 31.9. The van der Waals surface area contributed by atoms with Crippen LogP contribution in [0.3, 0.4) is 0 Å². The summed E-state index contributed by atoms with van der Waals surface area (Å²) in [6.45, 7) is 4.74. The summed E-state index contributed by atoms with van der Waals surface area (Å²) >= 11 is 0. The molecular weight excluding hydrogens is 657 g/mol. The zero-order valence-corrected chi connectivity index (χ0v) is 30.3. The molecule has 0 spiro atoms. The van der Waals surface area contributed by atoms with Gasteiger partial charge in [0.1, 0.15) is 11.5 Å². The molecule has 0 amide bonds. The maximum atomic E-state index is 6.46. The minimum absolute atomic E-state index is 0.223. The molecule has 0 bridgehead atoms. The van der Waals surface area contributed by atoms with Gasteiger partial charge < -0.3 is 13.9 Å². The third kappa shape index (κ3) is 5.20. The fraction of sp³-hybridized carbons (Fsp3) is 0.0588. The van der Waals surface area contributed by atoms with E-state index in [4.69, 9.17) is 4.42 Å². The molecule has 0 aliphatic heterocycles. The van der Waals surface area contributed by atoms with E-state index >= 15 is 0 Å². The predicted octanol–water partition coefficient (Wildman–Crippen LogP) is 14.0. The van der Waals surface area contributed by atoms with Crippen LogP contribution in [0.5, 0.6) is 0 Å². The van der Waals surface area contributed by atoms with Crippen LogP contribution in [0.1, 0.15) is 36.3 Å². The molecule has 0 N–H and O–H groups in total. The van der Waals surface area contributed by atoms with Crippen molar-refractivity contribution >= 4 is 51.0 Å². The van der Waals surface area contributed by atoms with E-state index in [0.717, 1.165) is 39.7 Å². The van der Waals surface area contributed by atoms with Gasteiger partial charge in [-0.15, -0.1) is 0 Å². The van der Waals surface area contributed by atoms with Crippen LogP contribution in [0.2, 0.25) is 0 Å². The van der Waals surface area contributed by atoms with Gasteiger partial charge in [0.25, 0.3) is 0 Å². The molecule has 54 heavy (non-hydrogen) atoms. The van der Waals surface area contributed by atoms with Gasteiger partial charge in [-0.1, -0.05) is 129 Å². The fourth-order valence-electron chi connectivity index (χ4n) is 8.46. The summed E-state index contributed by atoms with van der Waals surface area (Å²) in [6, 6.07) is 64.8. The first-order valence-electron chi connectivity index (χ1n) is 18.6. The second-order valence-electron chi connectivity index (χ2n) is 14.6. The van der Waals surface area contributed by atoms with E-state index in [0.29, 0.717) is 0 Å². The standard InChI is InChI=1S/C51H38N2O/c1-51(2)46-34-36(25-30-42(46)44-31-32-45-43-20-12-13-21-47(43)53(50(45)49(44)51)39-18-10-5-11-19-39)48-33-29-41(54-48)28-24-35-22-26-40(27-23-35)52(37-14-6-3-7-15-37)38-16-8-4-9-17-38/h3-34H,1-2H3/b28-24+. The third-order valence-corrected chi connectivity index (χ3v) is 11.0. The van der Waals surface area contributed by atoms with Crippen molar-refractivity contribution in [3.05, 3.63) is 204 Å². The molecule has 0 saturated heterocycles. The van der Waals surface area contributed by atoms with Crippen molar-refractivity contribution < 1.29 is 4.42 Å². The Labute approximate surface area is 315 Å². The van der Waals surface area contributed by atoms with Gasteiger partial charge in [-0.05, 0) is 107 Å². The molecule has 3 heteroatoms. The van der Waals surface area contributed by atoms with Crippen molar-refractivity contribution in [3.63, 3.8) is 0 Å². The second-order valence-corrected chi connectivity index (χ2v) is 14.6. The molecule has 258 valence electrons. The smallest absolute Gasteiger partial charge is 0.134 e. The van der Waals surface area contributed by atoms with Crippen LogP contribution in [0.4, 0.5) is 17.1 Å². The number of para-hydroxylation sites is 4. The summed E-state index contributed by atoms with van der Waals surface area (Å²) in [5, 5.41) is 2.57. The van der Waals surface area contributed by atoms with Crippen molar-refractivity contribution in [2.45, 2.75) is 19.3 Å². The van der Waals surface area contributed by atoms with Gasteiger partial charge >= 0.3 is 0 Å². The number of fused-ring (bicyclic) bond motifs is 7. The topological polar surface area (TPSA) is 21.3 Å². The molecule has 2 heterocycles. The molecule has 9 aromatic rings. The zero-order valence-electron chi connectivity index (χ0n) is 30.3. The molecule has 0 saturated carbocycles. The van der Waals surface area contributed by atoms with Crippen LogP contribution in [0.25, 0.3) is 62.1 Å². The van der Waals surface area contributed by atoms with Gasteiger partial charge in [0.05, 0.1) is 11.0 Å². The average molecular weight is 695 g/mol. The maximum absolute atomic E-state index is 6.46. The lowest BCUT2D eigenvalue weighted by atomic mass is 9.81. The zero-order chi connectivity index (χ0) is 36.2. The highest BCUT2D eigenvalue weighted by Crippen LogP contribution is 2.53. The first-order valence-corrected chi connectivity index (χ1v) is 18.6. The van der Waals surface area contributed by atoms with E-state index in [1.54, 1.807) is 0 Å². The Bertz CT molecular complexity index is 2780. The minimum atomic E-state index is -0.223.